The molecule has 0 bridgehead atoms. The topological polar surface area (TPSA) is 55.8 Å². The molecule has 45 heavy (non-hydrogen) atoms. The van der Waals surface area contributed by atoms with Crippen molar-refractivity contribution in [2.24, 2.45) is 16.2 Å². The lowest BCUT2D eigenvalue weighted by Crippen LogP contribution is -2.31. The first-order valence-electron chi connectivity index (χ1n) is 16.3. The number of hydrogen-bond donors (Lipinski definition) is 0. The van der Waals surface area contributed by atoms with E-state index >= 15 is 0 Å². The molecule has 0 spiro atoms. The maximum atomic E-state index is 12.5. The molecule has 0 aliphatic carbocycles. The van der Waals surface area contributed by atoms with Crippen molar-refractivity contribution >= 4 is 63.0 Å². The molecule has 10 heteroatoms. The van der Waals surface area contributed by atoms with E-state index in [9.17, 15) is 9.59 Å². The maximum absolute atomic E-state index is 12.5. The Morgan fingerprint density at radius 2 is 1.22 bits per heavy atom. The fourth-order valence-electron chi connectivity index (χ4n) is 4.50. The van der Waals surface area contributed by atoms with Gasteiger partial charge in [0.2, 0.25) is 0 Å². The minimum absolute atomic E-state index is 0.107. The number of rotatable bonds is 25. The second kappa shape index (κ2) is 23.3. The normalized spacial score (nSPS) is 12.6. The molecule has 0 amide bonds. The van der Waals surface area contributed by atoms with E-state index in [1.165, 1.54) is 24.6 Å². The molecule has 0 fully saturated rings. The number of esters is 2. The summed E-state index contributed by atoms with van der Waals surface area (Å²) in [4.78, 5) is 27.2. The second-order valence-corrected chi connectivity index (χ2v) is 22.5. The van der Waals surface area contributed by atoms with Crippen LogP contribution in [0.3, 0.4) is 0 Å². The quantitative estimate of drug-likeness (QED) is 0.0426. The summed E-state index contributed by atoms with van der Waals surface area (Å²) in [6.07, 6.45) is 5.23. The number of nitrogens with zero attached hydrogens (tertiary/aromatic N) is 1. The minimum Gasteiger partial charge on any atom is -0.465 e. The van der Waals surface area contributed by atoms with Crippen molar-refractivity contribution in [2.75, 3.05) is 75.4 Å². The van der Waals surface area contributed by atoms with Crippen molar-refractivity contribution in [3.63, 3.8) is 0 Å². The van der Waals surface area contributed by atoms with Gasteiger partial charge in [0.15, 0.2) is 0 Å². The lowest BCUT2D eigenvalue weighted by molar-refractivity contribution is -0.143. The third kappa shape index (κ3) is 25.6. The third-order valence-electron chi connectivity index (χ3n) is 7.05. The molecule has 0 radical (unpaired) electrons. The molecule has 260 valence electrons. The number of benzene rings is 1. The average molecular weight is 720 g/mol. The van der Waals surface area contributed by atoms with Crippen molar-refractivity contribution in [3.8, 4) is 0 Å². The first-order valence-corrected chi connectivity index (χ1v) is 23.7. The van der Waals surface area contributed by atoms with Crippen molar-refractivity contribution in [2.45, 2.75) is 80.6 Å². The molecule has 0 heterocycles. The van der Waals surface area contributed by atoms with Gasteiger partial charge in [-0.25, -0.2) is 0 Å². The van der Waals surface area contributed by atoms with Crippen LogP contribution in [0.15, 0.2) is 30.3 Å². The Kier molecular flexibility index (Phi) is 22.3. The molecule has 0 saturated heterocycles. The smallest absolute Gasteiger partial charge is 0.307 e. The molecule has 1 rings (SSSR count). The molecule has 5 nitrogen and oxygen atoms in total. The Balaban J connectivity index is 2.34. The zero-order valence-corrected chi connectivity index (χ0v) is 33.8. The molecule has 0 N–H and O–H groups in total. The summed E-state index contributed by atoms with van der Waals surface area (Å²) in [6.45, 7) is 23.7. The highest BCUT2D eigenvalue weighted by atomic mass is 33.1. The third-order valence-corrected chi connectivity index (χ3v) is 14.0. The van der Waals surface area contributed by atoms with Crippen LogP contribution in [0.2, 0.25) is 0 Å². The maximum Gasteiger partial charge on any atom is 0.307 e. The Labute approximate surface area is 293 Å². The van der Waals surface area contributed by atoms with Gasteiger partial charge in [-0.1, -0.05) is 122 Å². The van der Waals surface area contributed by atoms with E-state index in [1.54, 1.807) is 21.6 Å². The van der Waals surface area contributed by atoms with Gasteiger partial charge in [0.25, 0.3) is 0 Å². The Hall–Kier alpha value is -0.0500. The zero-order chi connectivity index (χ0) is 33.8. The van der Waals surface area contributed by atoms with Gasteiger partial charge >= 0.3 is 11.9 Å². The SMILES string of the molecule is CP(C)CC(C)(C)CSSCCOC(=O)CCN(CCC(=O)OCCSSCC(C)(C)CCC(C)(C)C)CCc1ccccc1. The largest absolute Gasteiger partial charge is 0.465 e. The van der Waals surface area contributed by atoms with E-state index in [-0.39, 0.29) is 19.9 Å². The van der Waals surface area contributed by atoms with E-state index in [4.69, 9.17) is 9.47 Å². The fourth-order valence-corrected chi connectivity index (χ4v) is 11.6. The van der Waals surface area contributed by atoms with Crippen LogP contribution in [0.5, 0.6) is 0 Å². The Morgan fingerprint density at radius 1 is 0.711 bits per heavy atom. The van der Waals surface area contributed by atoms with Crippen molar-refractivity contribution < 1.29 is 19.1 Å². The van der Waals surface area contributed by atoms with Crippen LogP contribution in [0, 0.1) is 16.2 Å². The van der Waals surface area contributed by atoms with Crippen LogP contribution in [0.25, 0.3) is 0 Å². The predicted octanol–water partition coefficient (Wildman–Crippen LogP) is 9.78. The molecule has 0 atom stereocenters. The van der Waals surface area contributed by atoms with Crippen LogP contribution in [0.4, 0.5) is 0 Å². The molecule has 1 aromatic carbocycles. The molecule has 1 aromatic rings. The molecular formula is C35H62NO4PS4. The van der Waals surface area contributed by atoms with E-state index < -0.39 is 0 Å². The first-order chi connectivity index (χ1) is 21.1. The number of carbonyl (C=O) groups is 2. The van der Waals surface area contributed by atoms with Crippen LogP contribution in [-0.2, 0) is 25.5 Å². The summed E-state index contributed by atoms with van der Waals surface area (Å²) in [5.74, 6) is 3.45. The summed E-state index contributed by atoms with van der Waals surface area (Å²) in [5, 5.41) is 0. The summed E-state index contributed by atoms with van der Waals surface area (Å²) in [7, 11) is 7.44. The minimum atomic E-state index is -0.175. The van der Waals surface area contributed by atoms with Gasteiger partial charge in [0.05, 0.1) is 12.8 Å². The lowest BCUT2D eigenvalue weighted by atomic mass is 9.81. The first kappa shape index (κ1) is 43.0. The van der Waals surface area contributed by atoms with E-state index in [2.05, 4.69) is 78.8 Å². The zero-order valence-electron chi connectivity index (χ0n) is 29.7. The van der Waals surface area contributed by atoms with Crippen LogP contribution < -0.4 is 0 Å². The van der Waals surface area contributed by atoms with Gasteiger partial charge in [-0.05, 0) is 60.6 Å². The fraction of sp³-hybridized carbons (Fsp3) is 0.771. The van der Waals surface area contributed by atoms with Gasteiger partial charge < -0.3 is 14.4 Å². The van der Waals surface area contributed by atoms with Crippen LogP contribution in [0.1, 0.15) is 79.7 Å². The number of carbonyl (C=O) groups excluding carboxylic acids is 2. The number of hydrogen-bond acceptors (Lipinski definition) is 9. The van der Waals surface area contributed by atoms with Crippen molar-refractivity contribution in [1.82, 2.24) is 4.90 Å². The van der Waals surface area contributed by atoms with E-state index in [0.29, 0.717) is 55.4 Å². The van der Waals surface area contributed by atoms with Gasteiger partial charge in [-0.2, -0.15) is 0 Å². The molecule has 0 unspecified atom stereocenters. The van der Waals surface area contributed by atoms with Gasteiger partial charge in [-0.15, -0.1) is 7.92 Å². The van der Waals surface area contributed by atoms with Crippen LogP contribution >= 0.6 is 51.1 Å². The predicted molar refractivity (Wildman–Crippen MR) is 207 cm³/mol. The summed E-state index contributed by atoms with van der Waals surface area (Å²) in [6, 6.07) is 10.3. The van der Waals surface area contributed by atoms with E-state index in [1.807, 2.05) is 39.8 Å². The Morgan fingerprint density at radius 3 is 1.71 bits per heavy atom. The van der Waals surface area contributed by atoms with Crippen molar-refractivity contribution in [1.29, 1.82) is 0 Å². The lowest BCUT2D eigenvalue weighted by Gasteiger charge is -2.28. The van der Waals surface area contributed by atoms with Crippen LogP contribution in [-0.4, -0.2) is 92.2 Å². The highest BCUT2D eigenvalue weighted by Gasteiger charge is 2.22. The molecule has 0 aliphatic heterocycles. The molecule has 0 aliphatic rings. The van der Waals surface area contributed by atoms with Gasteiger partial charge in [-0.3, -0.25) is 9.59 Å². The van der Waals surface area contributed by atoms with Gasteiger partial charge in [0.1, 0.15) is 13.2 Å². The molecule has 0 aromatic heterocycles. The van der Waals surface area contributed by atoms with E-state index in [0.717, 1.165) is 36.0 Å². The average Bonchev–Trinajstić information content (AvgIpc) is 2.94. The highest BCUT2D eigenvalue weighted by molar-refractivity contribution is 8.77. The Bertz CT molecular complexity index is 941. The van der Waals surface area contributed by atoms with Crippen molar-refractivity contribution in [3.05, 3.63) is 35.9 Å². The summed E-state index contributed by atoms with van der Waals surface area (Å²) < 4.78 is 11.1. The monoisotopic (exact) mass is 719 g/mol. The number of ether oxygens (including phenoxy) is 2. The molecule has 0 saturated carbocycles. The standard InChI is InChI=1S/C35H62NO4PS4/c1-33(2,3)18-19-34(4,5)28-44-42-25-23-39-31(37)16-21-36(20-15-30-13-11-10-12-14-30)22-17-32(38)40-24-26-43-45-29-35(6,7)27-41(8)9/h10-14H,15-29H2,1-9H3. The summed E-state index contributed by atoms with van der Waals surface area (Å²) >= 11 is 0. The highest BCUT2D eigenvalue weighted by Crippen LogP contribution is 2.39. The second-order valence-electron chi connectivity index (χ2n) is 14.8. The molecular weight excluding hydrogens is 658 g/mol. The van der Waals surface area contributed by atoms with Gasteiger partial charge in [0, 0.05) is 42.6 Å². The summed E-state index contributed by atoms with van der Waals surface area (Å²) in [5.41, 5.74) is 2.27.